The van der Waals surface area contributed by atoms with Gasteiger partial charge in [0.25, 0.3) is 0 Å². The number of ketones is 1. The molecule has 0 N–H and O–H groups in total. The van der Waals surface area contributed by atoms with E-state index < -0.39 is 6.04 Å². The molecule has 1 amide bonds. The maximum atomic E-state index is 13.3. The van der Waals surface area contributed by atoms with E-state index in [-0.39, 0.29) is 11.7 Å². The number of benzene rings is 3. The van der Waals surface area contributed by atoms with Crippen molar-refractivity contribution in [1.82, 2.24) is 0 Å². The minimum absolute atomic E-state index is 0.106. The number of para-hydroxylation sites is 1. The first kappa shape index (κ1) is 16.7. The number of rotatable bonds is 5. The standard InChI is InChI=1S/C22H19NO2/c1-17(24)23(20-15-9-4-10-16-20)21(18-11-5-2-6-12-18)22(25)19-13-7-3-8-14-19/h2-16,21H,1H3/t21-/m0/s1. The zero-order valence-electron chi connectivity index (χ0n) is 14.0. The topological polar surface area (TPSA) is 37.4 Å². The number of anilines is 1. The fourth-order valence-corrected chi connectivity index (χ4v) is 2.91. The van der Waals surface area contributed by atoms with Gasteiger partial charge in [0.1, 0.15) is 6.04 Å². The zero-order valence-corrected chi connectivity index (χ0v) is 14.0. The number of amides is 1. The number of Topliss-reactive ketones (excluding diaryl/α,β-unsaturated/α-hetero) is 1. The maximum absolute atomic E-state index is 13.3. The maximum Gasteiger partial charge on any atom is 0.224 e. The number of carbonyl (C=O) groups excluding carboxylic acids is 2. The Morgan fingerprint density at radius 3 is 1.72 bits per heavy atom. The van der Waals surface area contributed by atoms with Crippen LogP contribution in [0, 0.1) is 0 Å². The smallest absolute Gasteiger partial charge is 0.224 e. The molecule has 0 bridgehead atoms. The number of nitrogens with zero attached hydrogens (tertiary/aromatic N) is 1. The molecule has 3 aromatic carbocycles. The molecule has 124 valence electrons. The molecule has 25 heavy (non-hydrogen) atoms. The van der Waals surface area contributed by atoms with E-state index in [9.17, 15) is 9.59 Å². The summed E-state index contributed by atoms with van der Waals surface area (Å²) < 4.78 is 0. The van der Waals surface area contributed by atoms with Crippen LogP contribution >= 0.6 is 0 Å². The number of hydrogen-bond acceptors (Lipinski definition) is 2. The van der Waals surface area contributed by atoms with Crippen molar-refractivity contribution in [3.63, 3.8) is 0 Å². The fraction of sp³-hybridized carbons (Fsp3) is 0.0909. The molecular formula is C22H19NO2. The first-order valence-corrected chi connectivity index (χ1v) is 8.17. The molecule has 0 radical (unpaired) electrons. The predicted molar refractivity (Wildman–Crippen MR) is 99.6 cm³/mol. The van der Waals surface area contributed by atoms with Gasteiger partial charge in [-0.25, -0.2) is 0 Å². The van der Waals surface area contributed by atoms with Gasteiger partial charge < -0.3 is 0 Å². The van der Waals surface area contributed by atoms with Crippen LogP contribution in [0.2, 0.25) is 0 Å². The van der Waals surface area contributed by atoms with Gasteiger partial charge in [-0.3, -0.25) is 14.5 Å². The monoisotopic (exact) mass is 329 g/mol. The van der Waals surface area contributed by atoms with Gasteiger partial charge in [0.05, 0.1) is 0 Å². The molecule has 3 nitrogen and oxygen atoms in total. The average molecular weight is 329 g/mol. The van der Waals surface area contributed by atoms with E-state index in [2.05, 4.69) is 0 Å². The van der Waals surface area contributed by atoms with Crippen molar-refractivity contribution < 1.29 is 9.59 Å². The molecule has 3 aromatic rings. The third kappa shape index (κ3) is 3.66. The summed E-state index contributed by atoms with van der Waals surface area (Å²) in [5.74, 6) is -0.282. The fourth-order valence-electron chi connectivity index (χ4n) is 2.91. The summed E-state index contributed by atoms with van der Waals surface area (Å²) in [6.45, 7) is 1.49. The van der Waals surface area contributed by atoms with Crippen molar-refractivity contribution in [2.45, 2.75) is 13.0 Å². The number of hydrogen-bond donors (Lipinski definition) is 0. The van der Waals surface area contributed by atoms with E-state index in [0.29, 0.717) is 11.3 Å². The van der Waals surface area contributed by atoms with Crippen molar-refractivity contribution in [2.75, 3.05) is 4.90 Å². The molecule has 1 atom stereocenters. The molecule has 0 unspecified atom stereocenters. The normalized spacial score (nSPS) is 11.6. The van der Waals surface area contributed by atoms with Crippen LogP contribution in [0.4, 0.5) is 5.69 Å². The highest BCUT2D eigenvalue weighted by Crippen LogP contribution is 2.30. The molecule has 3 heteroatoms. The third-order valence-electron chi connectivity index (χ3n) is 4.05. The summed E-state index contributed by atoms with van der Waals surface area (Å²) in [6, 6.07) is 27.1. The van der Waals surface area contributed by atoms with Gasteiger partial charge in [-0.15, -0.1) is 0 Å². The molecule has 0 aliphatic heterocycles. The molecule has 0 saturated carbocycles. The highest BCUT2D eigenvalue weighted by molar-refractivity contribution is 6.08. The highest BCUT2D eigenvalue weighted by Gasteiger charge is 2.31. The van der Waals surface area contributed by atoms with Crippen LogP contribution in [0.25, 0.3) is 0 Å². The van der Waals surface area contributed by atoms with Crippen LogP contribution in [0.1, 0.15) is 28.9 Å². The second-order valence-corrected chi connectivity index (χ2v) is 5.77. The molecule has 0 spiro atoms. The Hall–Kier alpha value is -3.20. The van der Waals surface area contributed by atoms with Crippen molar-refractivity contribution in [3.05, 3.63) is 102 Å². The van der Waals surface area contributed by atoms with Gasteiger partial charge in [0, 0.05) is 18.2 Å². The second kappa shape index (κ2) is 7.58. The van der Waals surface area contributed by atoms with Gasteiger partial charge in [0.2, 0.25) is 5.91 Å². The van der Waals surface area contributed by atoms with Gasteiger partial charge in [-0.05, 0) is 17.7 Å². The molecular weight excluding hydrogens is 310 g/mol. The van der Waals surface area contributed by atoms with Crippen molar-refractivity contribution in [2.24, 2.45) is 0 Å². The Kier molecular flexibility index (Phi) is 5.05. The SMILES string of the molecule is CC(=O)N(c1ccccc1)[C@H](C(=O)c1ccccc1)c1ccccc1. The van der Waals surface area contributed by atoms with E-state index in [0.717, 1.165) is 5.56 Å². The Labute approximate surface area is 147 Å². The Morgan fingerprint density at radius 1 is 0.720 bits per heavy atom. The number of carbonyl (C=O) groups is 2. The van der Waals surface area contributed by atoms with Crippen molar-refractivity contribution in [3.8, 4) is 0 Å². The largest absolute Gasteiger partial charge is 0.298 e. The quantitative estimate of drug-likeness (QED) is 0.638. The van der Waals surface area contributed by atoms with Gasteiger partial charge in [-0.1, -0.05) is 78.9 Å². The molecule has 0 aliphatic rings. The molecule has 0 aromatic heterocycles. The predicted octanol–water partition coefficient (Wildman–Crippen LogP) is 4.66. The van der Waals surface area contributed by atoms with Crippen LogP contribution in [-0.2, 0) is 4.79 Å². The Bertz CT molecular complexity index is 845. The lowest BCUT2D eigenvalue weighted by Crippen LogP contribution is -2.37. The summed E-state index contributed by atoms with van der Waals surface area (Å²) in [5, 5.41) is 0. The molecule has 3 rings (SSSR count). The summed E-state index contributed by atoms with van der Waals surface area (Å²) in [4.78, 5) is 27.3. The first-order chi connectivity index (χ1) is 12.2. The lowest BCUT2D eigenvalue weighted by Gasteiger charge is -2.30. The van der Waals surface area contributed by atoms with E-state index in [4.69, 9.17) is 0 Å². The molecule has 0 aliphatic carbocycles. The summed E-state index contributed by atoms with van der Waals surface area (Å²) in [5.41, 5.74) is 2.07. The summed E-state index contributed by atoms with van der Waals surface area (Å²) >= 11 is 0. The van der Waals surface area contributed by atoms with Gasteiger partial charge in [0.15, 0.2) is 5.78 Å². The third-order valence-corrected chi connectivity index (χ3v) is 4.05. The minimum atomic E-state index is -0.705. The second-order valence-electron chi connectivity index (χ2n) is 5.77. The average Bonchev–Trinajstić information content (AvgIpc) is 2.67. The van der Waals surface area contributed by atoms with E-state index in [1.165, 1.54) is 6.92 Å². The Morgan fingerprint density at radius 2 is 1.20 bits per heavy atom. The van der Waals surface area contributed by atoms with Crippen LogP contribution in [0.5, 0.6) is 0 Å². The van der Waals surface area contributed by atoms with Crippen molar-refractivity contribution in [1.29, 1.82) is 0 Å². The Balaban J connectivity index is 2.13. The minimum Gasteiger partial charge on any atom is -0.298 e. The molecule has 0 saturated heterocycles. The van der Waals surface area contributed by atoms with Crippen molar-refractivity contribution >= 4 is 17.4 Å². The van der Waals surface area contributed by atoms with E-state index in [1.807, 2.05) is 78.9 Å². The lowest BCUT2D eigenvalue weighted by atomic mass is 9.95. The molecule has 0 fully saturated rings. The van der Waals surface area contributed by atoms with Crippen LogP contribution in [0.3, 0.4) is 0 Å². The van der Waals surface area contributed by atoms with Gasteiger partial charge >= 0.3 is 0 Å². The van der Waals surface area contributed by atoms with E-state index >= 15 is 0 Å². The summed E-state index contributed by atoms with van der Waals surface area (Å²) in [7, 11) is 0. The van der Waals surface area contributed by atoms with Crippen LogP contribution in [-0.4, -0.2) is 11.7 Å². The highest BCUT2D eigenvalue weighted by atomic mass is 16.2. The first-order valence-electron chi connectivity index (χ1n) is 8.17. The van der Waals surface area contributed by atoms with Crippen LogP contribution in [0.15, 0.2) is 91.0 Å². The van der Waals surface area contributed by atoms with E-state index in [1.54, 1.807) is 17.0 Å². The zero-order chi connectivity index (χ0) is 17.6. The van der Waals surface area contributed by atoms with Crippen LogP contribution < -0.4 is 4.90 Å². The van der Waals surface area contributed by atoms with Gasteiger partial charge in [-0.2, -0.15) is 0 Å². The lowest BCUT2D eigenvalue weighted by molar-refractivity contribution is -0.116. The summed E-state index contributed by atoms with van der Waals surface area (Å²) in [6.07, 6.45) is 0. The molecule has 0 heterocycles.